The van der Waals surface area contributed by atoms with Crippen molar-refractivity contribution in [2.45, 2.75) is 76.8 Å². The Bertz CT molecular complexity index is 892. The molecule has 35 heavy (non-hydrogen) atoms. The quantitative estimate of drug-likeness (QED) is 0.563. The van der Waals surface area contributed by atoms with Gasteiger partial charge in [0.2, 0.25) is 5.91 Å². The van der Waals surface area contributed by atoms with Crippen molar-refractivity contribution < 1.29 is 19.1 Å². The molecule has 3 fully saturated rings. The van der Waals surface area contributed by atoms with E-state index in [-0.39, 0.29) is 41.4 Å². The van der Waals surface area contributed by atoms with Crippen LogP contribution in [0, 0.1) is 11.8 Å². The number of nitrogens with one attached hydrogen (secondary N) is 2. The minimum Gasteiger partial charge on any atom is -0.378 e. The maximum atomic E-state index is 13.3. The summed E-state index contributed by atoms with van der Waals surface area (Å²) in [5, 5.41) is 6.37. The minimum absolute atomic E-state index is 0.106. The molecule has 2 saturated heterocycles. The van der Waals surface area contributed by atoms with Crippen LogP contribution in [0.2, 0.25) is 0 Å². The fourth-order valence-electron chi connectivity index (χ4n) is 5.58. The monoisotopic (exact) mass is 483 g/mol. The van der Waals surface area contributed by atoms with Crippen LogP contribution in [0.4, 0.5) is 0 Å². The summed E-state index contributed by atoms with van der Waals surface area (Å²) in [6.45, 7) is 6.97. The van der Waals surface area contributed by atoms with Gasteiger partial charge < -0.3 is 20.3 Å². The fourth-order valence-corrected chi connectivity index (χ4v) is 5.58. The number of amides is 2. The summed E-state index contributed by atoms with van der Waals surface area (Å²) in [6, 6.07) is 7.63. The third-order valence-corrected chi connectivity index (χ3v) is 7.86. The number of piperidine rings is 1. The van der Waals surface area contributed by atoms with Crippen molar-refractivity contribution in [3.8, 4) is 0 Å². The van der Waals surface area contributed by atoms with Crippen LogP contribution in [-0.4, -0.2) is 67.4 Å². The molecule has 1 unspecified atom stereocenters. The molecule has 2 aliphatic heterocycles. The van der Waals surface area contributed by atoms with Crippen LogP contribution in [0.3, 0.4) is 0 Å². The minimum atomic E-state index is -0.414. The number of Topliss-reactive ketones (excluding diaryl/α,β-unsaturated/α-hetero) is 1. The summed E-state index contributed by atoms with van der Waals surface area (Å²) in [6.07, 6.45) is 7.40. The second-order valence-corrected chi connectivity index (χ2v) is 10.8. The fraction of sp³-hybridized carbons (Fsp3) is 0.679. The molecule has 0 bridgehead atoms. The van der Waals surface area contributed by atoms with Gasteiger partial charge in [-0.05, 0) is 49.3 Å². The van der Waals surface area contributed by atoms with Crippen LogP contribution < -0.4 is 10.6 Å². The lowest BCUT2D eigenvalue weighted by Crippen LogP contribution is -2.51. The summed E-state index contributed by atoms with van der Waals surface area (Å²) in [5.74, 6) is 0.406. The van der Waals surface area contributed by atoms with E-state index in [1.807, 2.05) is 36.9 Å². The van der Waals surface area contributed by atoms with Crippen LogP contribution in [0.15, 0.2) is 24.3 Å². The lowest BCUT2D eigenvalue weighted by atomic mass is 9.80. The number of hydrogen-bond acceptors (Lipinski definition) is 5. The van der Waals surface area contributed by atoms with Gasteiger partial charge in [0, 0.05) is 30.5 Å². The zero-order valence-electron chi connectivity index (χ0n) is 21.3. The van der Waals surface area contributed by atoms with Gasteiger partial charge in [0.25, 0.3) is 5.91 Å². The number of ether oxygens (including phenoxy) is 1. The lowest BCUT2D eigenvalue weighted by molar-refractivity contribution is -0.132. The molecule has 192 valence electrons. The topological polar surface area (TPSA) is 87.7 Å². The first-order chi connectivity index (χ1) is 16.9. The SMILES string of the molecule is CC(C)C(=O)[C@H](NC(=O)c1cccc(C2CCCN(C(=O)CNC3COC3)C2)c1)C1CCCCC1. The number of hydrogen-bond donors (Lipinski definition) is 2. The number of carbonyl (C=O) groups is 3. The molecule has 7 nitrogen and oxygen atoms in total. The van der Waals surface area contributed by atoms with Crippen molar-refractivity contribution in [3.63, 3.8) is 0 Å². The number of rotatable bonds is 9. The number of carbonyl (C=O) groups excluding carboxylic acids is 3. The molecule has 0 aromatic heterocycles. The summed E-state index contributed by atoms with van der Waals surface area (Å²) >= 11 is 0. The second kappa shape index (κ2) is 12.1. The molecule has 1 saturated carbocycles. The Hall–Kier alpha value is -2.25. The normalized spacial score (nSPS) is 22.5. The van der Waals surface area contributed by atoms with Crippen molar-refractivity contribution in [3.05, 3.63) is 35.4 Å². The first-order valence-corrected chi connectivity index (χ1v) is 13.5. The van der Waals surface area contributed by atoms with Crippen molar-refractivity contribution in [2.75, 3.05) is 32.8 Å². The molecular weight excluding hydrogens is 442 g/mol. The average molecular weight is 484 g/mol. The third-order valence-electron chi connectivity index (χ3n) is 7.86. The van der Waals surface area contributed by atoms with E-state index < -0.39 is 6.04 Å². The highest BCUT2D eigenvalue weighted by molar-refractivity contribution is 5.98. The smallest absolute Gasteiger partial charge is 0.251 e. The number of benzene rings is 1. The maximum absolute atomic E-state index is 13.3. The Morgan fingerprint density at radius 3 is 2.51 bits per heavy atom. The standard InChI is InChI=1S/C28H41N3O4/c1-19(2)27(33)26(20-8-4-3-5-9-20)30-28(34)22-11-6-10-21(14-22)23-12-7-13-31(16-23)25(32)15-29-24-17-35-18-24/h6,10-11,14,19-20,23-24,26,29H,3-5,7-9,12-13,15-18H2,1-2H3,(H,30,34)/t23?,26-/m1/s1. The van der Waals surface area contributed by atoms with Crippen LogP contribution in [0.5, 0.6) is 0 Å². The van der Waals surface area contributed by atoms with E-state index in [1.165, 1.54) is 6.42 Å². The van der Waals surface area contributed by atoms with E-state index in [0.29, 0.717) is 31.9 Å². The summed E-state index contributed by atoms with van der Waals surface area (Å²) in [7, 11) is 0. The largest absolute Gasteiger partial charge is 0.378 e. The van der Waals surface area contributed by atoms with Crippen molar-refractivity contribution in [1.29, 1.82) is 0 Å². The van der Waals surface area contributed by atoms with E-state index in [0.717, 1.165) is 50.6 Å². The van der Waals surface area contributed by atoms with Gasteiger partial charge in [-0.1, -0.05) is 45.2 Å². The van der Waals surface area contributed by atoms with Gasteiger partial charge in [0.15, 0.2) is 5.78 Å². The van der Waals surface area contributed by atoms with E-state index in [9.17, 15) is 14.4 Å². The summed E-state index contributed by atoms with van der Waals surface area (Å²) < 4.78 is 5.16. The zero-order valence-corrected chi connectivity index (χ0v) is 21.3. The van der Waals surface area contributed by atoms with Gasteiger partial charge in [-0.3, -0.25) is 14.4 Å². The van der Waals surface area contributed by atoms with Gasteiger partial charge in [-0.25, -0.2) is 0 Å². The highest BCUT2D eigenvalue weighted by Gasteiger charge is 2.32. The summed E-state index contributed by atoms with van der Waals surface area (Å²) in [5.41, 5.74) is 1.68. The molecule has 1 aromatic carbocycles. The zero-order chi connectivity index (χ0) is 24.8. The molecule has 0 spiro atoms. The van der Waals surface area contributed by atoms with Gasteiger partial charge >= 0.3 is 0 Å². The lowest BCUT2D eigenvalue weighted by Gasteiger charge is -2.34. The van der Waals surface area contributed by atoms with Gasteiger partial charge in [-0.2, -0.15) is 0 Å². The van der Waals surface area contributed by atoms with Gasteiger partial charge in [0.1, 0.15) is 0 Å². The van der Waals surface area contributed by atoms with Crippen molar-refractivity contribution in [1.82, 2.24) is 15.5 Å². The van der Waals surface area contributed by atoms with Crippen molar-refractivity contribution >= 4 is 17.6 Å². The first-order valence-electron chi connectivity index (χ1n) is 13.5. The Morgan fingerprint density at radius 2 is 1.83 bits per heavy atom. The molecule has 2 amide bonds. The Kier molecular flexibility index (Phi) is 8.95. The van der Waals surface area contributed by atoms with E-state index >= 15 is 0 Å². The Balaban J connectivity index is 1.39. The number of nitrogens with zero attached hydrogens (tertiary/aromatic N) is 1. The molecular formula is C28H41N3O4. The molecule has 0 radical (unpaired) electrons. The molecule has 4 rings (SSSR count). The molecule has 1 aliphatic carbocycles. The highest BCUT2D eigenvalue weighted by Crippen LogP contribution is 2.30. The molecule has 2 atom stereocenters. The third kappa shape index (κ3) is 6.70. The van der Waals surface area contributed by atoms with Crippen LogP contribution in [-0.2, 0) is 14.3 Å². The number of likely N-dealkylation sites (tertiary alicyclic amines) is 1. The van der Waals surface area contributed by atoms with E-state index in [2.05, 4.69) is 16.7 Å². The van der Waals surface area contributed by atoms with E-state index in [4.69, 9.17) is 4.74 Å². The Labute approximate surface area is 209 Å². The molecule has 2 heterocycles. The molecule has 7 heteroatoms. The number of ketones is 1. The van der Waals surface area contributed by atoms with E-state index in [1.54, 1.807) is 0 Å². The predicted octanol–water partition coefficient (Wildman–Crippen LogP) is 3.28. The first kappa shape index (κ1) is 25.8. The highest BCUT2D eigenvalue weighted by atomic mass is 16.5. The summed E-state index contributed by atoms with van der Waals surface area (Å²) in [4.78, 5) is 40.9. The van der Waals surface area contributed by atoms with Crippen LogP contribution >= 0.6 is 0 Å². The Morgan fingerprint density at radius 1 is 1.06 bits per heavy atom. The maximum Gasteiger partial charge on any atom is 0.251 e. The molecule has 3 aliphatic rings. The van der Waals surface area contributed by atoms with Crippen molar-refractivity contribution in [2.24, 2.45) is 11.8 Å². The average Bonchev–Trinajstić information content (AvgIpc) is 2.86. The van der Waals surface area contributed by atoms with Gasteiger partial charge in [0.05, 0.1) is 31.8 Å². The predicted molar refractivity (Wildman–Crippen MR) is 135 cm³/mol. The van der Waals surface area contributed by atoms with Crippen LogP contribution in [0.1, 0.15) is 80.6 Å². The molecule has 1 aromatic rings. The van der Waals surface area contributed by atoms with Gasteiger partial charge in [-0.15, -0.1) is 0 Å². The molecule has 2 N–H and O–H groups in total. The van der Waals surface area contributed by atoms with Crippen LogP contribution in [0.25, 0.3) is 0 Å². The second-order valence-electron chi connectivity index (χ2n) is 10.8.